The maximum absolute atomic E-state index is 13.5. The van der Waals surface area contributed by atoms with Crippen LogP contribution < -0.4 is 5.73 Å². The molecule has 0 amide bonds. The Hall–Kier alpha value is -1.38. The van der Waals surface area contributed by atoms with Crippen LogP contribution in [0.15, 0.2) is 48.5 Å². The van der Waals surface area contributed by atoms with Gasteiger partial charge < -0.3 is 5.73 Å². The molecule has 2 rings (SSSR count). The SMILES string of the molecule is CCCC(N)(c1ccccc1)c1cc(F)ccc1Cl. The van der Waals surface area contributed by atoms with Crippen molar-refractivity contribution in [3.05, 3.63) is 70.5 Å². The van der Waals surface area contributed by atoms with Crippen LogP contribution in [0.4, 0.5) is 4.39 Å². The van der Waals surface area contributed by atoms with Crippen molar-refractivity contribution in [3.63, 3.8) is 0 Å². The molecule has 1 atom stereocenters. The van der Waals surface area contributed by atoms with E-state index >= 15 is 0 Å². The van der Waals surface area contributed by atoms with Crippen molar-refractivity contribution in [1.29, 1.82) is 0 Å². The second-order valence-corrected chi connectivity index (χ2v) is 5.12. The minimum atomic E-state index is -0.755. The summed E-state index contributed by atoms with van der Waals surface area (Å²) in [7, 11) is 0. The molecule has 0 saturated heterocycles. The molecule has 2 aromatic rings. The highest BCUT2D eigenvalue weighted by Crippen LogP contribution is 2.36. The first-order chi connectivity index (χ1) is 9.08. The molecule has 1 unspecified atom stereocenters. The molecule has 19 heavy (non-hydrogen) atoms. The molecular formula is C16H17ClFN. The van der Waals surface area contributed by atoms with E-state index in [1.54, 1.807) is 6.07 Å². The third kappa shape index (κ3) is 2.80. The fraction of sp³-hybridized carbons (Fsp3) is 0.250. The van der Waals surface area contributed by atoms with Crippen molar-refractivity contribution in [1.82, 2.24) is 0 Å². The highest BCUT2D eigenvalue weighted by atomic mass is 35.5. The van der Waals surface area contributed by atoms with Crippen LogP contribution in [0.1, 0.15) is 30.9 Å². The Bertz CT molecular complexity index is 556. The van der Waals surface area contributed by atoms with Gasteiger partial charge in [0.2, 0.25) is 0 Å². The lowest BCUT2D eigenvalue weighted by atomic mass is 9.80. The Balaban J connectivity index is 2.59. The second kappa shape index (κ2) is 5.72. The number of benzene rings is 2. The van der Waals surface area contributed by atoms with Gasteiger partial charge in [0.1, 0.15) is 5.82 Å². The molecule has 2 aromatic carbocycles. The predicted octanol–water partition coefficient (Wildman–Crippen LogP) is 4.48. The zero-order valence-electron chi connectivity index (χ0n) is 10.9. The van der Waals surface area contributed by atoms with Gasteiger partial charge in [0.05, 0.1) is 5.54 Å². The van der Waals surface area contributed by atoms with E-state index < -0.39 is 5.54 Å². The van der Waals surface area contributed by atoms with Crippen LogP contribution in [-0.2, 0) is 5.54 Å². The molecule has 0 bridgehead atoms. The van der Waals surface area contributed by atoms with Gasteiger partial charge in [-0.2, -0.15) is 0 Å². The molecule has 100 valence electrons. The van der Waals surface area contributed by atoms with Crippen molar-refractivity contribution < 1.29 is 4.39 Å². The Morgan fingerprint density at radius 2 is 1.84 bits per heavy atom. The molecule has 3 heteroatoms. The van der Waals surface area contributed by atoms with Crippen molar-refractivity contribution in [2.24, 2.45) is 5.73 Å². The first-order valence-electron chi connectivity index (χ1n) is 6.38. The van der Waals surface area contributed by atoms with Crippen LogP contribution in [0, 0.1) is 5.82 Å². The van der Waals surface area contributed by atoms with Crippen LogP contribution in [0.2, 0.25) is 5.02 Å². The van der Waals surface area contributed by atoms with Crippen LogP contribution in [0.5, 0.6) is 0 Å². The summed E-state index contributed by atoms with van der Waals surface area (Å²) in [6.07, 6.45) is 1.60. The number of hydrogen-bond donors (Lipinski definition) is 1. The lowest BCUT2D eigenvalue weighted by Gasteiger charge is -2.31. The van der Waals surface area contributed by atoms with Crippen molar-refractivity contribution in [3.8, 4) is 0 Å². The van der Waals surface area contributed by atoms with Gasteiger partial charge in [0.25, 0.3) is 0 Å². The topological polar surface area (TPSA) is 26.0 Å². The highest BCUT2D eigenvalue weighted by Gasteiger charge is 2.31. The molecule has 0 fully saturated rings. The molecular weight excluding hydrogens is 261 g/mol. The second-order valence-electron chi connectivity index (χ2n) is 4.71. The molecule has 1 nitrogen and oxygen atoms in total. The Labute approximate surface area is 118 Å². The Kier molecular flexibility index (Phi) is 4.23. The summed E-state index contributed by atoms with van der Waals surface area (Å²) in [5.74, 6) is -0.318. The van der Waals surface area contributed by atoms with Gasteiger partial charge in [-0.05, 0) is 35.7 Å². The molecule has 0 aliphatic rings. The van der Waals surface area contributed by atoms with Crippen molar-refractivity contribution >= 4 is 11.6 Å². The summed E-state index contributed by atoms with van der Waals surface area (Å²) >= 11 is 6.22. The van der Waals surface area contributed by atoms with Gasteiger partial charge >= 0.3 is 0 Å². The van der Waals surface area contributed by atoms with Gasteiger partial charge in [0.15, 0.2) is 0 Å². The van der Waals surface area contributed by atoms with Gasteiger partial charge in [-0.15, -0.1) is 0 Å². The average molecular weight is 278 g/mol. The van der Waals surface area contributed by atoms with Crippen LogP contribution >= 0.6 is 11.6 Å². The third-order valence-electron chi connectivity index (χ3n) is 3.34. The fourth-order valence-corrected chi connectivity index (χ4v) is 2.69. The number of halogens is 2. The van der Waals surface area contributed by atoms with Gasteiger partial charge in [-0.1, -0.05) is 55.3 Å². The van der Waals surface area contributed by atoms with Crippen LogP contribution in [0.3, 0.4) is 0 Å². The zero-order chi connectivity index (χ0) is 13.9. The first-order valence-corrected chi connectivity index (χ1v) is 6.75. The summed E-state index contributed by atoms with van der Waals surface area (Å²) in [6.45, 7) is 2.05. The lowest BCUT2D eigenvalue weighted by molar-refractivity contribution is 0.481. The van der Waals surface area contributed by atoms with E-state index in [0.29, 0.717) is 17.0 Å². The highest BCUT2D eigenvalue weighted by molar-refractivity contribution is 6.31. The van der Waals surface area contributed by atoms with Gasteiger partial charge in [-0.25, -0.2) is 4.39 Å². The lowest BCUT2D eigenvalue weighted by Crippen LogP contribution is -2.38. The number of rotatable bonds is 4. The maximum atomic E-state index is 13.5. The normalized spacial score (nSPS) is 14.1. The summed E-state index contributed by atoms with van der Waals surface area (Å²) in [5, 5.41) is 0.501. The summed E-state index contributed by atoms with van der Waals surface area (Å²) in [6, 6.07) is 14.1. The monoisotopic (exact) mass is 277 g/mol. The van der Waals surface area contributed by atoms with Gasteiger partial charge in [0, 0.05) is 5.02 Å². The smallest absolute Gasteiger partial charge is 0.123 e. The number of hydrogen-bond acceptors (Lipinski definition) is 1. The maximum Gasteiger partial charge on any atom is 0.123 e. The van der Waals surface area contributed by atoms with Crippen LogP contribution in [0.25, 0.3) is 0 Å². The molecule has 0 heterocycles. The number of nitrogens with two attached hydrogens (primary N) is 1. The molecule has 2 N–H and O–H groups in total. The average Bonchev–Trinajstić information content (AvgIpc) is 2.42. The summed E-state index contributed by atoms with van der Waals surface area (Å²) < 4.78 is 13.5. The van der Waals surface area contributed by atoms with E-state index in [1.807, 2.05) is 30.3 Å². The minimum absolute atomic E-state index is 0.318. The van der Waals surface area contributed by atoms with E-state index in [9.17, 15) is 4.39 Å². The summed E-state index contributed by atoms with van der Waals surface area (Å²) in [5.41, 5.74) is 7.40. The standard InChI is InChI=1S/C16H17ClFN/c1-2-10-16(19,12-6-4-3-5-7-12)14-11-13(18)8-9-15(14)17/h3-9,11H,2,10,19H2,1H3. The van der Waals surface area contributed by atoms with Crippen molar-refractivity contribution in [2.45, 2.75) is 25.3 Å². The first kappa shape index (κ1) is 14.0. The van der Waals surface area contributed by atoms with Gasteiger partial charge in [-0.3, -0.25) is 0 Å². The van der Waals surface area contributed by atoms with E-state index in [2.05, 4.69) is 6.92 Å². The Morgan fingerprint density at radius 3 is 2.47 bits per heavy atom. The molecule has 0 aromatic heterocycles. The predicted molar refractivity (Wildman–Crippen MR) is 77.7 cm³/mol. The van der Waals surface area contributed by atoms with E-state index in [0.717, 1.165) is 12.0 Å². The van der Waals surface area contributed by atoms with Crippen molar-refractivity contribution in [2.75, 3.05) is 0 Å². The quantitative estimate of drug-likeness (QED) is 0.876. The molecule has 0 aliphatic heterocycles. The van der Waals surface area contributed by atoms with E-state index in [-0.39, 0.29) is 5.82 Å². The largest absolute Gasteiger partial charge is 0.318 e. The molecule has 0 aliphatic carbocycles. The summed E-state index contributed by atoms with van der Waals surface area (Å²) in [4.78, 5) is 0. The molecule has 0 spiro atoms. The zero-order valence-corrected chi connectivity index (χ0v) is 11.6. The van der Waals surface area contributed by atoms with E-state index in [4.69, 9.17) is 17.3 Å². The van der Waals surface area contributed by atoms with E-state index in [1.165, 1.54) is 12.1 Å². The fourth-order valence-electron chi connectivity index (χ4n) is 2.40. The third-order valence-corrected chi connectivity index (χ3v) is 3.67. The molecule has 0 radical (unpaired) electrons. The molecule has 0 saturated carbocycles. The minimum Gasteiger partial charge on any atom is -0.318 e. The Morgan fingerprint density at radius 1 is 1.16 bits per heavy atom. The van der Waals surface area contributed by atoms with Crippen LogP contribution in [-0.4, -0.2) is 0 Å².